The van der Waals surface area contributed by atoms with Gasteiger partial charge in [0.15, 0.2) is 5.78 Å². The second kappa shape index (κ2) is 3.52. The Morgan fingerprint density at radius 2 is 2.33 bits per heavy atom. The summed E-state index contributed by atoms with van der Waals surface area (Å²) in [7, 11) is 0. The second-order valence-corrected chi connectivity index (χ2v) is 3.40. The van der Waals surface area contributed by atoms with Crippen LogP contribution in [0.3, 0.4) is 0 Å². The maximum Gasteiger partial charge on any atom is 0.177 e. The molecule has 1 aromatic heterocycles. The molecule has 1 rings (SSSR count). The number of rotatable bonds is 3. The molecule has 0 aromatic carbocycles. The van der Waals surface area contributed by atoms with E-state index in [1.165, 1.54) is 6.92 Å². The third-order valence-electron chi connectivity index (χ3n) is 1.61. The van der Waals surface area contributed by atoms with Crippen molar-refractivity contribution in [3.8, 4) is 0 Å². The van der Waals surface area contributed by atoms with Crippen LogP contribution in [0.2, 0.25) is 0 Å². The first-order valence-electron chi connectivity index (χ1n) is 4.14. The van der Waals surface area contributed by atoms with Crippen molar-refractivity contribution in [2.45, 2.75) is 27.2 Å². The van der Waals surface area contributed by atoms with E-state index in [0.29, 0.717) is 11.6 Å². The molecule has 0 saturated carbocycles. The Balaban J connectivity index is 2.71. The predicted octanol–water partition coefficient (Wildman–Crippen LogP) is 1.81. The Morgan fingerprint density at radius 3 is 2.75 bits per heavy atom. The maximum absolute atomic E-state index is 10.9. The van der Waals surface area contributed by atoms with Crippen molar-refractivity contribution in [2.75, 3.05) is 0 Å². The van der Waals surface area contributed by atoms with Gasteiger partial charge in [-0.15, -0.1) is 0 Å². The van der Waals surface area contributed by atoms with Gasteiger partial charge >= 0.3 is 0 Å². The Bertz CT molecular complexity index is 276. The quantitative estimate of drug-likeness (QED) is 0.696. The van der Waals surface area contributed by atoms with Crippen molar-refractivity contribution in [1.82, 2.24) is 9.97 Å². The van der Waals surface area contributed by atoms with Gasteiger partial charge in [0.1, 0.15) is 11.5 Å². The topological polar surface area (TPSA) is 45.8 Å². The summed E-state index contributed by atoms with van der Waals surface area (Å²) in [6.07, 6.45) is 2.49. The molecule has 12 heavy (non-hydrogen) atoms. The van der Waals surface area contributed by atoms with Crippen LogP contribution < -0.4 is 0 Å². The fourth-order valence-corrected chi connectivity index (χ4v) is 1.03. The highest BCUT2D eigenvalue weighted by Crippen LogP contribution is 2.04. The standard InChI is InChI=1S/C9H14N2O/c1-6(2)4-9-10-5-8(11-9)7(3)12/h5-6H,4H2,1-3H3,(H,10,11). The number of hydrogen-bond acceptors (Lipinski definition) is 2. The summed E-state index contributed by atoms with van der Waals surface area (Å²) < 4.78 is 0. The largest absolute Gasteiger partial charge is 0.340 e. The number of nitrogens with one attached hydrogen (secondary N) is 1. The van der Waals surface area contributed by atoms with E-state index >= 15 is 0 Å². The lowest BCUT2D eigenvalue weighted by atomic mass is 10.1. The first-order chi connectivity index (χ1) is 5.59. The average molecular weight is 166 g/mol. The molecule has 0 atom stereocenters. The van der Waals surface area contributed by atoms with E-state index in [1.807, 2.05) is 0 Å². The van der Waals surface area contributed by atoms with E-state index in [0.717, 1.165) is 12.2 Å². The summed E-state index contributed by atoms with van der Waals surface area (Å²) in [6.45, 7) is 5.78. The fraction of sp³-hybridized carbons (Fsp3) is 0.556. The van der Waals surface area contributed by atoms with Crippen molar-refractivity contribution < 1.29 is 4.79 Å². The third kappa shape index (κ3) is 2.19. The smallest absolute Gasteiger partial charge is 0.177 e. The SMILES string of the molecule is CC(=O)c1cnc(CC(C)C)[nH]1. The van der Waals surface area contributed by atoms with Crippen molar-refractivity contribution >= 4 is 5.78 Å². The number of aromatic nitrogens is 2. The van der Waals surface area contributed by atoms with Gasteiger partial charge in [0.25, 0.3) is 0 Å². The van der Waals surface area contributed by atoms with Gasteiger partial charge in [-0.2, -0.15) is 0 Å². The number of hydrogen-bond donors (Lipinski definition) is 1. The molecule has 0 saturated heterocycles. The number of carbonyl (C=O) groups excluding carboxylic acids is 1. The monoisotopic (exact) mass is 166 g/mol. The first kappa shape index (κ1) is 8.97. The molecule has 0 radical (unpaired) electrons. The molecular formula is C9H14N2O. The molecule has 3 heteroatoms. The Hall–Kier alpha value is -1.12. The zero-order chi connectivity index (χ0) is 9.14. The van der Waals surface area contributed by atoms with Crippen LogP contribution >= 0.6 is 0 Å². The number of nitrogens with zero attached hydrogens (tertiary/aromatic N) is 1. The highest BCUT2D eigenvalue weighted by molar-refractivity contribution is 5.91. The maximum atomic E-state index is 10.9. The van der Waals surface area contributed by atoms with Crippen LogP contribution in [0.4, 0.5) is 0 Å². The Morgan fingerprint density at radius 1 is 1.67 bits per heavy atom. The van der Waals surface area contributed by atoms with Crippen LogP contribution in [-0.2, 0) is 6.42 Å². The molecule has 0 amide bonds. The van der Waals surface area contributed by atoms with Gasteiger partial charge in [-0.3, -0.25) is 4.79 Å². The van der Waals surface area contributed by atoms with Crippen LogP contribution in [0.15, 0.2) is 6.20 Å². The normalized spacial score (nSPS) is 10.7. The Kier molecular flexibility index (Phi) is 2.63. The van der Waals surface area contributed by atoms with Crippen LogP contribution in [-0.4, -0.2) is 15.8 Å². The molecule has 0 bridgehead atoms. The number of carbonyl (C=O) groups is 1. The number of aromatic amines is 1. The average Bonchev–Trinajstić information content (AvgIpc) is 2.34. The highest BCUT2D eigenvalue weighted by atomic mass is 16.1. The van der Waals surface area contributed by atoms with E-state index in [4.69, 9.17) is 0 Å². The lowest BCUT2D eigenvalue weighted by Gasteiger charge is -1.98. The lowest BCUT2D eigenvalue weighted by Crippen LogP contribution is -1.97. The summed E-state index contributed by atoms with van der Waals surface area (Å²) in [5.74, 6) is 1.50. The van der Waals surface area contributed by atoms with Gasteiger partial charge in [0.2, 0.25) is 0 Å². The van der Waals surface area contributed by atoms with Crippen molar-refractivity contribution in [2.24, 2.45) is 5.92 Å². The summed E-state index contributed by atoms with van der Waals surface area (Å²) in [5, 5.41) is 0. The van der Waals surface area contributed by atoms with Gasteiger partial charge in [-0.05, 0) is 5.92 Å². The van der Waals surface area contributed by atoms with Gasteiger partial charge in [-0.25, -0.2) is 4.98 Å². The minimum atomic E-state index is 0.0394. The third-order valence-corrected chi connectivity index (χ3v) is 1.61. The molecule has 1 N–H and O–H groups in total. The van der Waals surface area contributed by atoms with E-state index in [9.17, 15) is 4.79 Å². The fourth-order valence-electron chi connectivity index (χ4n) is 1.03. The number of H-pyrrole nitrogens is 1. The minimum Gasteiger partial charge on any atom is -0.340 e. The number of imidazole rings is 1. The van der Waals surface area contributed by atoms with Gasteiger partial charge < -0.3 is 4.98 Å². The Labute approximate surface area is 72.2 Å². The number of ketones is 1. The van der Waals surface area contributed by atoms with Crippen LogP contribution in [0.5, 0.6) is 0 Å². The van der Waals surface area contributed by atoms with E-state index in [2.05, 4.69) is 23.8 Å². The van der Waals surface area contributed by atoms with Crippen LogP contribution in [0, 0.1) is 5.92 Å². The molecule has 0 fully saturated rings. The van der Waals surface area contributed by atoms with Crippen molar-refractivity contribution in [1.29, 1.82) is 0 Å². The molecular weight excluding hydrogens is 152 g/mol. The zero-order valence-corrected chi connectivity index (χ0v) is 7.72. The molecule has 0 aliphatic rings. The summed E-state index contributed by atoms with van der Waals surface area (Å²) in [5.41, 5.74) is 0.602. The van der Waals surface area contributed by atoms with Crippen LogP contribution in [0.1, 0.15) is 37.1 Å². The molecule has 1 heterocycles. The van der Waals surface area contributed by atoms with Gasteiger partial charge in [-0.1, -0.05) is 13.8 Å². The molecule has 3 nitrogen and oxygen atoms in total. The van der Waals surface area contributed by atoms with Gasteiger partial charge in [0, 0.05) is 13.3 Å². The molecule has 0 aliphatic carbocycles. The van der Waals surface area contributed by atoms with E-state index < -0.39 is 0 Å². The highest BCUT2D eigenvalue weighted by Gasteiger charge is 2.05. The summed E-state index contributed by atoms with van der Waals surface area (Å²) in [6, 6.07) is 0. The summed E-state index contributed by atoms with van der Waals surface area (Å²) in [4.78, 5) is 18.0. The lowest BCUT2D eigenvalue weighted by molar-refractivity contribution is 0.101. The molecule has 0 unspecified atom stereocenters. The molecule has 0 aliphatic heterocycles. The van der Waals surface area contributed by atoms with Gasteiger partial charge in [0.05, 0.1) is 6.20 Å². The van der Waals surface area contributed by atoms with Crippen LogP contribution in [0.25, 0.3) is 0 Å². The van der Waals surface area contributed by atoms with E-state index in [-0.39, 0.29) is 5.78 Å². The van der Waals surface area contributed by atoms with Crippen molar-refractivity contribution in [3.63, 3.8) is 0 Å². The van der Waals surface area contributed by atoms with Crippen molar-refractivity contribution in [3.05, 3.63) is 17.7 Å². The molecule has 0 spiro atoms. The molecule has 66 valence electrons. The first-order valence-corrected chi connectivity index (χ1v) is 4.14. The zero-order valence-electron chi connectivity index (χ0n) is 7.72. The number of Topliss-reactive ketones (excluding diaryl/α,β-unsaturated/α-hetero) is 1. The summed E-state index contributed by atoms with van der Waals surface area (Å²) >= 11 is 0. The van der Waals surface area contributed by atoms with E-state index in [1.54, 1.807) is 6.20 Å². The predicted molar refractivity (Wildman–Crippen MR) is 47.1 cm³/mol. The minimum absolute atomic E-state index is 0.0394. The molecule has 1 aromatic rings. The second-order valence-electron chi connectivity index (χ2n) is 3.40.